The average molecular weight is 353 g/mol. The summed E-state index contributed by atoms with van der Waals surface area (Å²) in [5.74, 6) is 0. The minimum absolute atomic E-state index is 0.261. The molecular weight excluding hydrogens is 336 g/mol. The monoisotopic (exact) mass is 352 g/mol. The van der Waals surface area contributed by atoms with Gasteiger partial charge in [-0.3, -0.25) is 0 Å². The van der Waals surface area contributed by atoms with Gasteiger partial charge in [-0.05, 0) is 37.0 Å². The summed E-state index contributed by atoms with van der Waals surface area (Å²) in [4.78, 5) is 16.0. The minimum atomic E-state index is -0.521. The maximum Gasteiger partial charge on any atom is 0.415 e. The summed E-state index contributed by atoms with van der Waals surface area (Å²) in [7, 11) is 0. The lowest BCUT2D eigenvalue weighted by Gasteiger charge is -2.30. The molecule has 1 spiro atoms. The van der Waals surface area contributed by atoms with Crippen molar-refractivity contribution in [2.45, 2.75) is 31.7 Å². The van der Waals surface area contributed by atoms with E-state index in [2.05, 4.69) is 38.4 Å². The smallest absolute Gasteiger partial charge is 0.415 e. The van der Waals surface area contributed by atoms with Crippen molar-refractivity contribution >= 4 is 28.0 Å². The first-order valence-electron chi connectivity index (χ1n) is 7.04. The highest BCUT2D eigenvalue weighted by Gasteiger charge is 2.40. The van der Waals surface area contributed by atoms with E-state index in [1.807, 2.05) is 6.07 Å². The highest BCUT2D eigenvalue weighted by molar-refractivity contribution is 9.10. The molecule has 3 rings (SSSR count). The molecule has 0 saturated carbocycles. The summed E-state index contributed by atoms with van der Waals surface area (Å²) in [6.45, 7) is 2.58. The quantitative estimate of drug-likeness (QED) is 0.845. The van der Waals surface area contributed by atoms with E-state index in [4.69, 9.17) is 9.47 Å². The largest absolute Gasteiger partial charge is 0.462 e. The van der Waals surface area contributed by atoms with Crippen molar-refractivity contribution in [1.29, 1.82) is 0 Å². The zero-order valence-electron chi connectivity index (χ0n) is 11.8. The van der Waals surface area contributed by atoms with E-state index in [9.17, 15) is 4.79 Å². The molecule has 1 heterocycles. The zero-order chi connectivity index (χ0) is 14.9. The number of nitrogens with one attached hydrogen (secondary N) is 1. The Morgan fingerprint density at radius 2 is 2.43 bits per heavy atom. The van der Waals surface area contributed by atoms with Crippen LogP contribution in [0.1, 0.15) is 24.5 Å². The summed E-state index contributed by atoms with van der Waals surface area (Å²) in [6, 6.07) is 6.51. The number of halogens is 1. The lowest BCUT2D eigenvalue weighted by atomic mass is 9.79. The van der Waals surface area contributed by atoms with Crippen LogP contribution in [0, 0.1) is 0 Å². The second kappa shape index (κ2) is 5.67. The number of carbonyl (C=O) groups is 1. The number of hydrogen-bond donors (Lipinski definition) is 1. The Balaban J connectivity index is 1.76. The van der Waals surface area contributed by atoms with Crippen molar-refractivity contribution < 1.29 is 14.3 Å². The second-order valence-electron chi connectivity index (χ2n) is 5.33. The predicted octanol–water partition coefficient (Wildman–Crippen LogP) is 2.81. The van der Waals surface area contributed by atoms with Gasteiger partial charge in [0.05, 0.1) is 6.61 Å². The Morgan fingerprint density at radius 1 is 1.57 bits per heavy atom. The highest BCUT2D eigenvalue weighted by atomic mass is 79.9. The third-order valence-electron chi connectivity index (χ3n) is 3.88. The molecule has 1 aliphatic carbocycles. The van der Waals surface area contributed by atoms with Crippen LogP contribution >= 0.6 is 15.9 Å². The SMILES string of the molecule is CCOC(=O)NC1=NC2(CCc3c(Br)cccc3C2)CO1. The highest BCUT2D eigenvalue weighted by Crippen LogP contribution is 2.37. The van der Waals surface area contributed by atoms with Gasteiger partial charge in [-0.2, -0.15) is 0 Å². The standard InChI is InChI=1S/C15H17BrN2O3/c1-2-20-14(19)17-13-18-15(9-21-13)7-6-11-10(8-15)4-3-5-12(11)16/h3-5H,2,6-9H2,1H3,(H,17,18,19). The maximum atomic E-state index is 11.4. The molecule has 21 heavy (non-hydrogen) atoms. The Kier molecular flexibility index (Phi) is 3.89. The van der Waals surface area contributed by atoms with Crippen LogP contribution in [0.15, 0.2) is 27.7 Å². The molecule has 5 nitrogen and oxygen atoms in total. The van der Waals surface area contributed by atoms with Gasteiger partial charge >= 0.3 is 6.09 Å². The van der Waals surface area contributed by atoms with Gasteiger partial charge in [0.1, 0.15) is 12.1 Å². The first kappa shape index (κ1) is 14.4. The van der Waals surface area contributed by atoms with E-state index in [0.717, 1.165) is 23.7 Å². The number of amidine groups is 1. The van der Waals surface area contributed by atoms with Crippen LogP contribution in [0.2, 0.25) is 0 Å². The van der Waals surface area contributed by atoms with Crippen LogP contribution in [-0.4, -0.2) is 30.9 Å². The van der Waals surface area contributed by atoms with Gasteiger partial charge in [-0.15, -0.1) is 0 Å². The van der Waals surface area contributed by atoms with Gasteiger partial charge < -0.3 is 9.47 Å². The molecule has 0 saturated heterocycles. The van der Waals surface area contributed by atoms with Crippen LogP contribution in [0.4, 0.5) is 4.79 Å². The van der Waals surface area contributed by atoms with Gasteiger partial charge in [0.25, 0.3) is 6.02 Å². The number of carbonyl (C=O) groups excluding carboxylic acids is 1. The van der Waals surface area contributed by atoms with E-state index >= 15 is 0 Å². The first-order chi connectivity index (χ1) is 10.1. The Labute approximate surface area is 131 Å². The lowest BCUT2D eigenvalue weighted by Crippen LogP contribution is -2.35. The number of ether oxygens (including phenoxy) is 2. The number of hydrogen-bond acceptors (Lipinski definition) is 4. The summed E-state index contributed by atoms with van der Waals surface area (Å²) in [5.41, 5.74) is 2.38. The number of nitrogens with zero attached hydrogens (tertiary/aromatic N) is 1. The third-order valence-corrected chi connectivity index (χ3v) is 4.62. The van der Waals surface area contributed by atoms with Crippen LogP contribution < -0.4 is 5.32 Å². The van der Waals surface area contributed by atoms with E-state index in [-0.39, 0.29) is 11.6 Å². The van der Waals surface area contributed by atoms with E-state index < -0.39 is 6.09 Å². The Morgan fingerprint density at radius 3 is 3.24 bits per heavy atom. The van der Waals surface area contributed by atoms with Crippen molar-refractivity contribution in [3.05, 3.63) is 33.8 Å². The maximum absolute atomic E-state index is 11.4. The molecule has 2 aliphatic rings. The fraction of sp³-hybridized carbons (Fsp3) is 0.467. The lowest BCUT2D eigenvalue weighted by molar-refractivity contribution is 0.154. The van der Waals surface area contributed by atoms with Gasteiger partial charge in [-0.25, -0.2) is 15.1 Å². The fourth-order valence-corrected chi connectivity index (χ4v) is 3.47. The summed E-state index contributed by atoms with van der Waals surface area (Å²) in [5, 5.41) is 2.54. The van der Waals surface area contributed by atoms with E-state index in [0.29, 0.717) is 13.2 Å². The topological polar surface area (TPSA) is 59.9 Å². The number of fused-ring (bicyclic) bond motifs is 1. The zero-order valence-corrected chi connectivity index (χ0v) is 13.4. The fourth-order valence-electron chi connectivity index (χ4n) is 2.87. The molecule has 1 aliphatic heterocycles. The molecule has 1 aromatic rings. The van der Waals surface area contributed by atoms with Gasteiger partial charge in [0, 0.05) is 10.9 Å². The molecule has 0 bridgehead atoms. The van der Waals surface area contributed by atoms with Crippen molar-refractivity contribution in [3.63, 3.8) is 0 Å². The summed E-state index contributed by atoms with van der Waals surface area (Å²) >= 11 is 3.60. The van der Waals surface area contributed by atoms with Crippen molar-refractivity contribution in [2.24, 2.45) is 4.99 Å². The minimum Gasteiger partial charge on any atom is -0.462 e. The van der Waals surface area contributed by atoms with Crippen molar-refractivity contribution in [1.82, 2.24) is 5.32 Å². The molecule has 1 N–H and O–H groups in total. The molecule has 0 fully saturated rings. The first-order valence-corrected chi connectivity index (χ1v) is 7.84. The molecule has 1 atom stereocenters. The summed E-state index contributed by atoms with van der Waals surface area (Å²) in [6.07, 6.45) is 2.18. The average Bonchev–Trinajstić information content (AvgIpc) is 2.81. The number of alkyl carbamates (subject to hydrolysis) is 1. The number of amides is 1. The number of benzene rings is 1. The normalized spacial score (nSPS) is 23.2. The van der Waals surface area contributed by atoms with E-state index in [1.165, 1.54) is 11.1 Å². The molecule has 0 radical (unpaired) electrons. The predicted molar refractivity (Wildman–Crippen MR) is 82.4 cm³/mol. The number of rotatable bonds is 1. The van der Waals surface area contributed by atoms with Gasteiger partial charge in [0.2, 0.25) is 0 Å². The molecule has 1 unspecified atom stereocenters. The second-order valence-corrected chi connectivity index (χ2v) is 6.18. The van der Waals surface area contributed by atoms with Crippen molar-refractivity contribution in [3.8, 4) is 0 Å². The molecule has 112 valence electrons. The van der Waals surface area contributed by atoms with Crippen LogP contribution in [0.3, 0.4) is 0 Å². The molecular formula is C15H17BrN2O3. The molecule has 1 aromatic carbocycles. The number of aliphatic imine (C=N–C) groups is 1. The van der Waals surface area contributed by atoms with Gasteiger partial charge in [-0.1, -0.05) is 28.1 Å². The summed E-state index contributed by atoms with van der Waals surface area (Å²) < 4.78 is 11.5. The van der Waals surface area contributed by atoms with Gasteiger partial charge in [0.15, 0.2) is 0 Å². The molecule has 1 amide bonds. The van der Waals surface area contributed by atoms with Crippen LogP contribution in [-0.2, 0) is 22.3 Å². The molecule has 6 heteroatoms. The van der Waals surface area contributed by atoms with Crippen LogP contribution in [0.5, 0.6) is 0 Å². The Bertz CT molecular complexity index is 603. The van der Waals surface area contributed by atoms with Crippen LogP contribution in [0.25, 0.3) is 0 Å². The van der Waals surface area contributed by atoms with E-state index in [1.54, 1.807) is 6.92 Å². The van der Waals surface area contributed by atoms with Crippen molar-refractivity contribution in [2.75, 3.05) is 13.2 Å². The molecule has 0 aromatic heterocycles. The third kappa shape index (κ3) is 2.90. The Hall–Kier alpha value is -1.56.